The second kappa shape index (κ2) is 10.8. The van der Waals surface area contributed by atoms with Crippen molar-refractivity contribution in [1.29, 1.82) is 0 Å². The minimum atomic E-state index is -3.74. The summed E-state index contributed by atoms with van der Waals surface area (Å²) >= 11 is 5.86. The van der Waals surface area contributed by atoms with Crippen LogP contribution in [0.1, 0.15) is 29.8 Å². The molecule has 0 bridgehead atoms. The van der Waals surface area contributed by atoms with Crippen LogP contribution in [0.25, 0.3) is 0 Å². The largest absolute Gasteiger partial charge is 0.494 e. The van der Waals surface area contributed by atoms with Crippen LogP contribution in [0.5, 0.6) is 5.75 Å². The van der Waals surface area contributed by atoms with Gasteiger partial charge in [-0.15, -0.1) is 0 Å². The summed E-state index contributed by atoms with van der Waals surface area (Å²) in [4.78, 5) is 12.7. The molecule has 0 aliphatic rings. The van der Waals surface area contributed by atoms with E-state index in [2.05, 4.69) is 5.32 Å². The van der Waals surface area contributed by atoms with Crippen LogP contribution in [-0.2, 0) is 21.3 Å². The SMILES string of the molecule is CCOc1ccc(C(=O)N[C@H](C)COC)cc1CN(C)S(=O)(=O)c1ccc(Cl)cc1. The van der Waals surface area contributed by atoms with E-state index < -0.39 is 10.0 Å². The molecule has 2 rings (SSSR count). The van der Waals surface area contributed by atoms with E-state index in [4.69, 9.17) is 21.1 Å². The van der Waals surface area contributed by atoms with Crippen molar-refractivity contribution >= 4 is 27.5 Å². The van der Waals surface area contributed by atoms with Gasteiger partial charge in [-0.25, -0.2) is 8.42 Å². The summed E-state index contributed by atoms with van der Waals surface area (Å²) in [6, 6.07) is 10.8. The van der Waals surface area contributed by atoms with E-state index in [1.54, 1.807) is 25.3 Å². The van der Waals surface area contributed by atoms with Gasteiger partial charge in [-0.05, 0) is 56.3 Å². The van der Waals surface area contributed by atoms with Crippen molar-refractivity contribution in [3.05, 3.63) is 58.6 Å². The van der Waals surface area contributed by atoms with Gasteiger partial charge in [-0.3, -0.25) is 4.79 Å². The van der Waals surface area contributed by atoms with Crippen molar-refractivity contribution in [3.63, 3.8) is 0 Å². The predicted octanol–water partition coefficient (Wildman–Crippen LogP) is 3.32. The number of hydrogen-bond donors (Lipinski definition) is 1. The molecule has 0 spiro atoms. The van der Waals surface area contributed by atoms with E-state index in [0.717, 1.165) is 0 Å². The monoisotopic (exact) mass is 454 g/mol. The highest BCUT2D eigenvalue weighted by atomic mass is 35.5. The Bertz CT molecular complexity index is 964. The third-order valence-corrected chi connectivity index (χ3v) is 6.40. The molecule has 0 aromatic heterocycles. The zero-order valence-electron chi connectivity index (χ0n) is 17.5. The fraction of sp³-hybridized carbons (Fsp3) is 0.381. The van der Waals surface area contributed by atoms with Gasteiger partial charge in [0.1, 0.15) is 5.75 Å². The Morgan fingerprint density at radius 3 is 2.47 bits per heavy atom. The van der Waals surface area contributed by atoms with Crippen LogP contribution in [0.4, 0.5) is 0 Å². The van der Waals surface area contributed by atoms with Crippen LogP contribution in [0.2, 0.25) is 5.02 Å². The quantitative estimate of drug-likeness (QED) is 0.595. The van der Waals surface area contributed by atoms with E-state index in [1.165, 1.54) is 35.6 Å². The van der Waals surface area contributed by atoms with Gasteiger partial charge in [0.15, 0.2) is 0 Å². The van der Waals surface area contributed by atoms with Crippen molar-refractivity contribution in [1.82, 2.24) is 9.62 Å². The molecule has 1 atom stereocenters. The zero-order chi connectivity index (χ0) is 22.3. The van der Waals surface area contributed by atoms with E-state index >= 15 is 0 Å². The molecule has 1 N–H and O–H groups in total. The Kier molecular flexibility index (Phi) is 8.66. The Morgan fingerprint density at radius 2 is 1.87 bits per heavy atom. The van der Waals surface area contributed by atoms with Gasteiger partial charge in [0, 0.05) is 42.9 Å². The number of carbonyl (C=O) groups excluding carboxylic acids is 1. The highest BCUT2D eigenvalue weighted by Crippen LogP contribution is 2.25. The average Bonchev–Trinajstić information content (AvgIpc) is 2.69. The number of amides is 1. The number of hydrogen-bond acceptors (Lipinski definition) is 5. The fourth-order valence-corrected chi connectivity index (χ4v) is 4.13. The molecule has 0 saturated heterocycles. The first-order valence-electron chi connectivity index (χ1n) is 9.46. The van der Waals surface area contributed by atoms with Gasteiger partial charge in [0.25, 0.3) is 5.91 Å². The van der Waals surface area contributed by atoms with Gasteiger partial charge in [-0.2, -0.15) is 4.31 Å². The van der Waals surface area contributed by atoms with Crippen LogP contribution < -0.4 is 10.1 Å². The van der Waals surface area contributed by atoms with Crippen LogP contribution in [0.3, 0.4) is 0 Å². The number of sulfonamides is 1. The maximum absolute atomic E-state index is 12.9. The lowest BCUT2D eigenvalue weighted by Crippen LogP contribution is -2.35. The molecule has 2 aromatic carbocycles. The highest BCUT2D eigenvalue weighted by Gasteiger charge is 2.23. The van der Waals surface area contributed by atoms with Crippen LogP contribution in [0, 0.1) is 0 Å². The summed E-state index contributed by atoms with van der Waals surface area (Å²) in [6.45, 7) is 4.51. The molecule has 0 unspecified atom stereocenters. The number of nitrogens with one attached hydrogen (secondary N) is 1. The van der Waals surface area contributed by atoms with Gasteiger partial charge >= 0.3 is 0 Å². The van der Waals surface area contributed by atoms with Crippen molar-refractivity contribution in [2.45, 2.75) is 31.3 Å². The molecule has 0 heterocycles. The maximum atomic E-state index is 12.9. The normalized spacial score (nSPS) is 12.6. The van der Waals surface area contributed by atoms with Crippen molar-refractivity contribution in [2.75, 3.05) is 27.4 Å². The Hall–Kier alpha value is -2.13. The molecule has 7 nitrogen and oxygen atoms in total. The van der Waals surface area contributed by atoms with E-state index in [1.807, 2.05) is 13.8 Å². The van der Waals surface area contributed by atoms with Crippen molar-refractivity contribution in [3.8, 4) is 5.75 Å². The maximum Gasteiger partial charge on any atom is 0.251 e. The summed E-state index contributed by atoms with van der Waals surface area (Å²) in [5.41, 5.74) is 0.998. The molecule has 0 fully saturated rings. The Labute approximate surface area is 183 Å². The van der Waals surface area contributed by atoms with Crippen LogP contribution >= 0.6 is 11.6 Å². The first-order valence-corrected chi connectivity index (χ1v) is 11.3. The molecule has 0 aliphatic heterocycles. The molecule has 0 radical (unpaired) electrons. The summed E-state index contributed by atoms with van der Waals surface area (Å²) in [5, 5.41) is 3.30. The van der Waals surface area contributed by atoms with E-state index in [-0.39, 0.29) is 23.4 Å². The number of benzene rings is 2. The smallest absolute Gasteiger partial charge is 0.251 e. The predicted molar refractivity (Wildman–Crippen MR) is 117 cm³/mol. The number of halogens is 1. The number of nitrogens with zero attached hydrogens (tertiary/aromatic N) is 1. The van der Waals surface area contributed by atoms with Crippen molar-refractivity contribution < 1.29 is 22.7 Å². The average molecular weight is 455 g/mol. The summed E-state index contributed by atoms with van der Waals surface area (Å²) in [7, 11) is -0.700. The van der Waals surface area contributed by atoms with Gasteiger partial charge in [0.05, 0.1) is 18.1 Å². The summed E-state index contributed by atoms with van der Waals surface area (Å²) in [6.07, 6.45) is 0. The zero-order valence-corrected chi connectivity index (χ0v) is 19.1. The first-order chi connectivity index (χ1) is 14.2. The lowest BCUT2D eigenvalue weighted by atomic mass is 10.1. The van der Waals surface area contributed by atoms with Gasteiger partial charge in [0.2, 0.25) is 10.0 Å². The second-order valence-electron chi connectivity index (χ2n) is 6.80. The number of carbonyl (C=O) groups is 1. The number of ether oxygens (including phenoxy) is 2. The van der Waals surface area contributed by atoms with Crippen LogP contribution in [0.15, 0.2) is 47.4 Å². The summed E-state index contributed by atoms with van der Waals surface area (Å²) < 4.78 is 37.7. The molecule has 164 valence electrons. The van der Waals surface area contributed by atoms with Crippen molar-refractivity contribution in [2.24, 2.45) is 0 Å². The minimum Gasteiger partial charge on any atom is -0.494 e. The van der Waals surface area contributed by atoms with E-state index in [9.17, 15) is 13.2 Å². The molecular formula is C21H27ClN2O5S. The summed E-state index contributed by atoms with van der Waals surface area (Å²) in [5.74, 6) is 0.254. The van der Waals surface area contributed by atoms with Gasteiger partial charge < -0.3 is 14.8 Å². The first kappa shape index (κ1) is 24.1. The topological polar surface area (TPSA) is 84.9 Å². The second-order valence-corrected chi connectivity index (χ2v) is 9.28. The lowest BCUT2D eigenvalue weighted by Gasteiger charge is -2.20. The number of methoxy groups -OCH3 is 1. The minimum absolute atomic E-state index is 0.0367. The Balaban J connectivity index is 2.29. The lowest BCUT2D eigenvalue weighted by molar-refractivity contribution is 0.0905. The molecular weight excluding hydrogens is 428 g/mol. The molecule has 30 heavy (non-hydrogen) atoms. The van der Waals surface area contributed by atoms with Gasteiger partial charge in [-0.1, -0.05) is 11.6 Å². The standard InChI is InChI=1S/C21H27ClN2O5S/c1-5-29-20-11-6-16(21(25)23-15(2)14-28-4)12-17(20)13-24(3)30(26,27)19-9-7-18(22)8-10-19/h6-12,15H,5,13-14H2,1-4H3,(H,23,25)/t15-/m1/s1. The molecule has 9 heteroatoms. The highest BCUT2D eigenvalue weighted by molar-refractivity contribution is 7.89. The fourth-order valence-electron chi connectivity index (χ4n) is 2.85. The molecule has 1 amide bonds. The number of rotatable bonds is 10. The van der Waals surface area contributed by atoms with Crippen LogP contribution in [-0.4, -0.2) is 52.0 Å². The molecule has 2 aromatic rings. The Morgan fingerprint density at radius 1 is 1.20 bits per heavy atom. The molecule has 0 aliphatic carbocycles. The van der Waals surface area contributed by atoms with E-state index in [0.29, 0.717) is 35.1 Å². The third kappa shape index (κ3) is 6.18. The molecule has 0 saturated carbocycles. The third-order valence-electron chi connectivity index (χ3n) is 4.33.